The number of alkyl halides is 2. The van der Waals surface area contributed by atoms with E-state index in [1.165, 1.54) is 13.0 Å². The summed E-state index contributed by atoms with van der Waals surface area (Å²) in [5.41, 5.74) is -0.236. The summed E-state index contributed by atoms with van der Waals surface area (Å²) < 4.78 is 26.6. The minimum Gasteiger partial charge on any atom is -0.477 e. The van der Waals surface area contributed by atoms with Crippen molar-refractivity contribution < 1.29 is 18.7 Å². The second kappa shape index (κ2) is 3.65. The van der Waals surface area contributed by atoms with Crippen LogP contribution in [-0.4, -0.2) is 11.1 Å². The molecule has 1 aromatic rings. The van der Waals surface area contributed by atoms with E-state index in [4.69, 9.17) is 5.11 Å². The van der Waals surface area contributed by atoms with Crippen molar-refractivity contribution in [1.82, 2.24) is 0 Å². The molecule has 0 spiro atoms. The molecule has 0 amide bonds. The van der Waals surface area contributed by atoms with Gasteiger partial charge in [-0.1, -0.05) is 22.0 Å². The number of rotatable bonds is 2. The van der Waals surface area contributed by atoms with Gasteiger partial charge in [-0.3, -0.25) is 0 Å². The van der Waals surface area contributed by atoms with Crippen LogP contribution in [0, 0.1) is 6.92 Å². The number of hydrogen-bond donors (Lipinski definition) is 1. The summed E-state index contributed by atoms with van der Waals surface area (Å²) >= 11 is 3.01. The Bertz CT molecular complexity index is 377. The molecule has 5 heteroatoms. The molecular formula is C9H7BrF2O2. The van der Waals surface area contributed by atoms with E-state index in [1.54, 1.807) is 6.07 Å². The van der Waals surface area contributed by atoms with Crippen LogP contribution >= 0.6 is 15.9 Å². The second-order valence-corrected chi connectivity index (χ2v) is 3.75. The van der Waals surface area contributed by atoms with E-state index in [9.17, 15) is 13.6 Å². The molecule has 1 rings (SSSR count). The highest BCUT2D eigenvalue weighted by molar-refractivity contribution is 9.10. The van der Waals surface area contributed by atoms with Gasteiger partial charge in [-0.2, -0.15) is 8.78 Å². The highest BCUT2D eigenvalue weighted by Crippen LogP contribution is 2.32. The Hall–Kier alpha value is -0.970. The fourth-order valence-corrected chi connectivity index (χ4v) is 1.41. The lowest BCUT2D eigenvalue weighted by Crippen LogP contribution is -2.26. The van der Waals surface area contributed by atoms with Crippen LogP contribution in [0.4, 0.5) is 8.78 Å². The van der Waals surface area contributed by atoms with Crippen molar-refractivity contribution in [1.29, 1.82) is 0 Å². The number of carboxylic acids is 1. The van der Waals surface area contributed by atoms with Gasteiger partial charge in [-0.15, -0.1) is 0 Å². The molecule has 1 aromatic carbocycles. The minimum absolute atomic E-state index is 0.251. The van der Waals surface area contributed by atoms with E-state index >= 15 is 0 Å². The summed E-state index contributed by atoms with van der Waals surface area (Å²) in [5, 5.41) is 8.34. The van der Waals surface area contributed by atoms with Crippen LogP contribution < -0.4 is 0 Å². The van der Waals surface area contributed by atoms with Crippen LogP contribution in [0.1, 0.15) is 11.1 Å². The first kappa shape index (κ1) is 11.1. The van der Waals surface area contributed by atoms with Crippen molar-refractivity contribution in [2.45, 2.75) is 12.8 Å². The fraction of sp³-hybridized carbons (Fsp3) is 0.222. The maximum Gasteiger partial charge on any atom is 0.379 e. The predicted octanol–water partition coefficient (Wildman–Crippen LogP) is 2.93. The van der Waals surface area contributed by atoms with Crippen molar-refractivity contribution in [3.8, 4) is 0 Å². The van der Waals surface area contributed by atoms with Crippen molar-refractivity contribution in [3.05, 3.63) is 33.8 Å². The third-order valence-corrected chi connectivity index (χ3v) is 2.30. The van der Waals surface area contributed by atoms with E-state index in [2.05, 4.69) is 15.9 Å². The van der Waals surface area contributed by atoms with Crippen molar-refractivity contribution in [2.75, 3.05) is 0 Å². The first-order valence-corrected chi connectivity index (χ1v) is 4.53. The van der Waals surface area contributed by atoms with Gasteiger partial charge in [-0.25, -0.2) is 4.79 Å². The van der Waals surface area contributed by atoms with Crippen molar-refractivity contribution >= 4 is 21.9 Å². The van der Waals surface area contributed by atoms with Gasteiger partial charge >= 0.3 is 11.9 Å². The molecule has 0 bridgehead atoms. The molecule has 0 fully saturated rings. The van der Waals surface area contributed by atoms with Gasteiger partial charge in [-0.05, 0) is 24.6 Å². The average Bonchev–Trinajstić information content (AvgIpc) is 2.08. The Morgan fingerprint density at radius 1 is 1.50 bits per heavy atom. The van der Waals surface area contributed by atoms with Crippen LogP contribution in [-0.2, 0) is 10.7 Å². The van der Waals surface area contributed by atoms with Crippen LogP contribution in [0.2, 0.25) is 0 Å². The summed E-state index contributed by atoms with van der Waals surface area (Å²) in [7, 11) is 0. The van der Waals surface area contributed by atoms with Gasteiger partial charge in [0.1, 0.15) is 0 Å². The summed E-state index contributed by atoms with van der Waals surface area (Å²) in [5.74, 6) is -5.98. The zero-order chi connectivity index (χ0) is 10.9. The Morgan fingerprint density at radius 3 is 2.57 bits per heavy atom. The van der Waals surface area contributed by atoms with Crippen LogP contribution in [0.5, 0.6) is 0 Å². The van der Waals surface area contributed by atoms with Crippen molar-refractivity contribution in [2.24, 2.45) is 0 Å². The number of halogens is 3. The number of benzene rings is 1. The zero-order valence-corrected chi connectivity index (χ0v) is 8.81. The van der Waals surface area contributed by atoms with E-state index in [1.807, 2.05) is 0 Å². The SMILES string of the molecule is Cc1ccc(Br)cc1C(F)(F)C(=O)O. The molecule has 1 N–H and O–H groups in total. The number of aliphatic carboxylic acids is 1. The number of aryl methyl sites for hydroxylation is 1. The maximum atomic E-state index is 13.1. The van der Waals surface area contributed by atoms with Crippen LogP contribution in [0.3, 0.4) is 0 Å². The molecule has 0 atom stereocenters. The third-order valence-electron chi connectivity index (χ3n) is 1.81. The largest absolute Gasteiger partial charge is 0.477 e. The molecule has 0 saturated carbocycles. The topological polar surface area (TPSA) is 37.3 Å². The second-order valence-electron chi connectivity index (χ2n) is 2.84. The molecule has 0 aliphatic rings. The predicted molar refractivity (Wildman–Crippen MR) is 50.4 cm³/mol. The molecule has 0 saturated heterocycles. The van der Waals surface area contributed by atoms with Gasteiger partial charge in [0.05, 0.1) is 0 Å². The van der Waals surface area contributed by atoms with E-state index in [0.717, 1.165) is 6.07 Å². The molecule has 0 aliphatic carbocycles. The van der Waals surface area contributed by atoms with Gasteiger partial charge in [0, 0.05) is 10.0 Å². The van der Waals surface area contributed by atoms with E-state index in [0.29, 0.717) is 4.47 Å². The molecule has 0 aromatic heterocycles. The van der Waals surface area contributed by atoms with Crippen LogP contribution in [0.25, 0.3) is 0 Å². The highest BCUT2D eigenvalue weighted by Gasteiger charge is 2.42. The first-order valence-electron chi connectivity index (χ1n) is 3.73. The molecule has 0 heterocycles. The lowest BCUT2D eigenvalue weighted by molar-refractivity contribution is -0.166. The van der Waals surface area contributed by atoms with Gasteiger partial charge < -0.3 is 5.11 Å². The lowest BCUT2D eigenvalue weighted by Gasteiger charge is -2.14. The van der Waals surface area contributed by atoms with Gasteiger partial charge in [0.25, 0.3) is 0 Å². The molecule has 0 aliphatic heterocycles. The number of carbonyl (C=O) groups is 1. The number of carboxylic acid groups (broad SMARTS) is 1. The first-order chi connectivity index (χ1) is 6.35. The highest BCUT2D eigenvalue weighted by atomic mass is 79.9. The Kier molecular flexibility index (Phi) is 2.89. The molecule has 14 heavy (non-hydrogen) atoms. The zero-order valence-electron chi connectivity index (χ0n) is 7.22. The number of hydrogen-bond acceptors (Lipinski definition) is 1. The average molecular weight is 265 g/mol. The third kappa shape index (κ3) is 1.92. The minimum atomic E-state index is -3.84. The molecule has 0 radical (unpaired) electrons. The fourth-order valence-electron chi connectivity index (χ4n) is 1.05. The summed E-state index contributed by atoms with van der Waals surface area (Å²) in [6, 6.07) is 4.14. The summed E-state index contributed by atoms with van der Waals surface area (Å²) in [6.07, 6.45) is 0. The van der Waals surface area contributed by atoms with E-state index in [-0.39, 0.29) is 5.56 Å². The Balaban J connectivity index is 3.31. The van der Waals surface area contributed by atoms with Gasteiger partial charge in [0.15, 0.2) is 0 Å². The molecule has 0 unspecified atom stereocenters. The summed E-state index contributed by atoms with van der Waals surface area (Å²) in [4.78, 5) is 10.3. The molecule has 76 valence electrons. The maximum absolute atomic E-state index is 13.1. The smallest absolute Gasteiger partial charge is 0.379 e. The lowest BCUT2D eigenvalue weighted by atomic mass is 10.0. The van der Waals surface area contributed by atoms with E-state index < -0.39 is 17.5 Å². The monoisotopic (exact) mass is 264 g/mol. The Labute approximate surface area is 87.7 Å². The summed E-state index contributed by atoms with van der Waals surface area (Å²) in [6.45, 7) is 1.44. The van der Waals surface area contributed by atoms with Gasteiger partial charge in [0.2, 0.25) is 0 Å². The van der Waals surface area contributed by atoms with Crippen LogP contribution in [0.15, 0.2) is 22.7 Å². The Morgan fingerprint density at radius 2 is 2.07 bits per heavy atom. The van der Waals surface area contributed by atoms with Crippen molar-refractivity contribution in [3.63, 3.8) is 0 Å². The molecule has 2 nitrogen and oxygen atoms in total. The molecular weight excluding hydrogens is 258 g/mol. The standard InChI is InChI=1S/C9H7BrF2O2/c1-5-2-3-6(10)4-7(5)9(11,12)8(13)14/h2-4H,1H3,(H,13,14). The quantitative estimate of drug-likeness (QED) is 0.892. The normalized spacial score (nSPS) is 11.4.